The molecule has 0 unspecified atom stereocenters. The van der Waals surface area contributed by atoms with Crippen LogP contribution in [0.1, 0.15) is 17.1 Å². The lowest BCUT2D eigenvalue weighted by molar-refractivity contribution is 0.765. The molecule has 0 atom stereocenters. The second-order valence-electron chi connectivity index (χ2n) is 9.98. The maximum atomic E-state index is 8.15. The Kier molecular flexibility index (Phi) is 20.2. The van der Waals surface area contributed by atoms with Gasteiger partial charge in [0.05, 0.1) is 19.0 Å². The Morgan fingerprint density at radius 2 is 1.33 bits per heavy atom. The summed E-state index contributed by atoms with van der Waals surface area (Å²) in [5.41, 5.74) is 4.14. The van der Waals surface area contributed by atoms with Crippen molar-refractivity contribution in [3.05, 3.63) is 166 Å². The van der Waals surface area contributed by atoms with Crippen LogP contribution in [0, 0.1) is 25.2 Å². The molecule has 0 aliphatic heterocycles. The number of nitriles is 1. The Hall–Kier alpha value is -7.28. The molecule has 51 heavy (non-hydrogen) atoms. The van der Waals surface area contributed by atoms with Crippen molar-refractivity contribution in [1.82, 2.24) is 74.0 Å². The molecule has 9 aromatic rings. The number of imidazole rings is 3. The lowest BCUT2D eigenvalue weighted by Gasteiger charge is -1.83. The summed E-state index contributed by atoms with van der Waals surface area (Å²) in [5, 5.41) is 16.9. The van der Waals surface area contributed by atoms with Crippen molar-refractivity contribution in [3.63, 3.8) is 0 Å². The summed E-state index contributed by atoms with van der Waals surface area (Å²) >= 11 is 0. The topological polar surface area (TPSA) is 208 Å². The highest BCUT2D eigenvalue weighted by molar-refractivity contribution is 5.78. The van der Waals surface area contributed by atoms with Crippen LogP contribution in [-0.2, 0) is 21.1 Å². The first-order valence-electron chi connectivity index (χ1n) is 15.4. The fourth-order valence-corrected chi connectivity index (χ4v) is 3.22. The van der Waals surface area contributed by atoms with Crippen LogP contribution in [0.25, 0.3) is 10.9 Å². The summed E-state index contributed by atoms with van der Waals surface area (Å²) in [7, 11) is 5.59. The van der Waals surface area contributed by atoms with E-state index in [2.05, 4.69) is 78.2 Å². The number of nitrogens with one attached hydrogen (secondary N) is 5. The molecule has 16 heteroatoms. The molecule has 0 amide bonds. The smallest absolute Gasteiger partial charge is 0.137 e. The second-order valence-corrected chi connectivity index (χ2v) is 9.98. The highest BCUT2D eigenvalue weighted by Gasteiger charge is 1.86. The first-order valence-corrected chi connectivity index (χ1v) is 15.4. The lowest BCUT2D eigenvalue weighted by Crippen LogP contribution is -1.83. The number of aromatic nitrogens is 15. The van der Waals surface area contributed by atoms with Gasteiger partial charge in [0.2, 0.25) is 0 Å². The molecule has 0 spiro atoms. The van der Waals surface area contributed by atoms with Crippen LogP contribution in [-0.4, -0.2) is 74.0 Å². The maximum absolute atomic E-state index is 8.15. The van der Waals surface area contributed by atoms with Gasteiger partial charge in [0.15, 0.2) is 0 Å². The van der Waals surface area contributed by atoms with Gasteiger partial charge in [-0.2, -0.15) is 15.5 Å². The van der Waals surface area contributed by atoms with Gasteiger partial charge in [0, 0.05) is 87.6 Å². The predicted octanol–water partition coefficient (Wildman–Crippen LogP) is 5.56. The Morgan fingerprint density at radius 3 is 1.63 bits per heavy atom. The molecular weight excluding hydrogens is 644 g/mol. The van der Waals surface area contributed by atoms with E-state index in [1.165, 1.54) is 29.3 Å². The summed E-state index contributed by atoms with van der Waals surface area (Å²) in [6, 6.07) is 19.8. The summed E-state index contributed by atoms with van der Waals surface area (Å²) in [4.78, 5) is 33.0. The van der Waals surface area contributed by atoms with Gasteiger partial charge in [0.25, 0.3) is 0 Å². The van der Waals surface area contributed by atoms with Crippen LogP contribution in [0.3, 0.4) is 0 Å². The van der Waals surface area contributed by atoms with Crippen molar-refractivity contribution >= 4 is 10.9 Å². The minimum absolute atomic E-state index is 0.611. The standard InChI is InChI=1S/C8H7N.C5H4N2.C5H7N.2C4H6N2.2C3H5N3.C3H4N2/c1-2-4-8-7(3-1)5-6-9-8;6-4-5-2-1-3-7-5;1-5-3-2-4-6-5;1-4-2-5-3-6-4;1-6-3-2-5-4-6;2*1-6-3-4-2-5-6;1-2-5-3-4-1/h1-6,9H;1-3,7H;2-4,6H,1H3;2-3H,1H3,(H,5,6);2-4H,1H3;2*2-3H,1H3;1-3H,(H,4,5). The van der Waals surface area contributed by atoms with E-state index in [0.717, 1.165) is 5.69 Å². The van der Waals surface area contributed by atoms with Gasteiger partial charge in [0.1, 0.15) is 37.1 Å². The Bertz CT molecular complexity index is 1740. The van der Waals surface area contributed by atoms with Gasteiger partial charge in [-0.3, -0.25) is 9.36 Å². The third kappa shape index (κ3) is 20.5. The quantitative estimate of drug-likeness (QED) is 0.136. The molecule has 8 aromatic heterocycles. The van der Waals surface area contributed by atoms with Crippen molar-refractivity contribution < 1.29 is 0 Å². The monoisotopic (exact) mass is 688 g/mol. The molecule has 0 radical (unpaired) electrons. The second kappa shape index (κ2) is 25.8. The first kappa shape index (κ1) is 39.9. The number of aromatic amines is 5. The summed E-state index contributed by atoms with van der Waals surface area (Å²) < 4.78 is 5.17. The Labute approximate surface area is 296 Å². The van der Waals surface area contributed by atoms with Crippen LogP contribution in [0.4, 0.5) is 0 Å². The van der Waals surface area contributed by atoms with Crippen molar-refractivity contribution in [2.24, 2.45) is 21.1 Å². The van der Waals surface area contributed by atoms with Crippen molar-refractivity contribution in [2.75, 3.05) is 0 Å². The third-order valence-corrected chi connectivity index (χ3v) is 5.68. The number of H-pyrrole nitrogens is 5. The van der Waals surface area contributed by atoms with Crippen LogP contribution in [0.15, 0.2) is 148 Å². The van der Waals surface area contributed by atoms with E-state index in [1.54, 1.807) is 84.1 Å². The minimum Gasteiger partial charge on any atom is -0.365 e. The van der Waals surface area contributed by atoms with E-state index < -0.39 is 0 Å². The largest absolute Gasteiger partial charge is 0.365 e. The normalized spacial score (nSPS) is 8.86. The highest BCUT2D eigenvalue weighted by atomic mass is 15.3. The predicted molar refractivity (Wildman–Crippen MR) is 196 cm³/mol. The lowest BCUT2D eigenvalue weighted by atomic mass is 10.3. The molecule has 8 heterocycles. The van der Waals surface area contributed by atoms with E-state index in [9.17, 15) is 0 Å². The number of para-hydroxylation sites is 1. The zero-order valence-corrected chi connectivity index (χ0v) is 29.3. The van der Waals surface area contributed by atoms with Crippen LogP contribution >= 0.6 is 0 Å². The fraction of sp³-hybridized carbons (Fsp3) is 0.143. The third-order valence-electron chi connectivity index (χ3n) is 5.68. The van der Waals surface area contributed by atoms with Crippen LogP contribution in [0.2, 0.25) is 0 Å². The fourth-order valence-electron chi connectivity index (χ4n) is 3.22. The molecule has 264 valence electrons. The molecule has 1 aromatic carbocycles. The zero-order chi connectivity index (χ0) is 36.8. The maximum Gasteiger partial charge on any atom is 0.137 e. The number of hydrogen-bond donors (Lipinski definition) is 5. The average molecular weight is 689 g/mol. The van der Waals surface area contributed by atoms with E-state index in [4.69, 9.17) is 5.26 Å². The van der Waals surface area contributed by atoms with Gasteiger partial charge in [-0.05, 0) is 55.6 Å². The zero-order valence-electron chi connectivity index (χ0n) is 29.3. The van der Waals surface area contributed by atoms with E-state index in [0.29, 0.717) is 5.69 Å². The number of fused-ring (bicyclic) bond motifs is 1. The number of rotatable bonds is 0. The van der Waals surface area contributed by atoms with Crippen molar-refractivity contribution in [3.8, 4) is 6.07 Å². The number of nitrogens with zero attached hydrogens (tertiary/aromatic N) is 11. The van der Waals surface area contributed by atoms with Crippen molar-refractivity contribution in [2.45, 2.75) is 13.8 Å². The number of aryl methyl sites for hydroxylation is 5. The van der Waals surface area contributed by atoms with E-state index in [-0.39, 0.29) is 0 Å². The molecule has 0 aliphatic carbocycles. The van der Waals surface area contributed by atoms with Crippen LogP contribution in [0.5, 0.6) is 0 Å². The molecule has 0 bridgehead atoms. The van der Waals surface area contributed by atoms with E-state index in [1.807, 2.05) is 88.5 Å². The summed E-state index contributed by atoms with van der Waals surface area (Å²) in [6.07, 6.45) is 25.8. The molecule has 0 saturated carbocycles. The van der Waals surface area contributed by atoms with Crippen LogP contribution < -0.4 is 0 Å². The number of hydrogen-bond acceptors (Lipinski definition) is 8. The average Bonchev–Trinajstić information content (AvgIpc) is 3.97. The molecule has 0 saturated heterocycles. The van der Waals surface area contributed by atoms with Gasteiger partial charge in [-0.15, -0.1) is 0 Å². The highest BCUT2D eigenvalue weighted by Crippen LogP contribution is 2.09. The Balaban J connectivity index is 0.000000203. The minimum atomic E-state index is 0.611. The Morgan fingerprint density at radius 1 is 0.608 bits per heavy atom. The SMILES string of the molecule is Cc1ccc[nH]1.Cc1cnc[nH]1.Cn1ccnc1.Cn1cncn1.Cn1cncn1.N#Cc1ccc[nH]1.c1c[nH]cn1.c1ccc2[nH]ccc2c1. The molecule has 5 N–H and O–H groups in total. The first-order chi connectivity index (χ1) is 24.9. The molecule has 0 fully saturated rings. The molecule has 9 rings (SSSR count). The summed E-state index contributed by atoms with van der Waals surface area (Å²) in [6.45, 7) is 3.99. The van der Waals surface area contributed by atoms with Gasteiger partial charge < -0.3 is 29.5 Å². The van der Waals surface area contributed by atoms with Gasteiger partial charge in [-0.1, -0.05) is 18.2 Å². The van der Waals surface area contributed by atoms with Gasteiger partial charge in [-0.25, -0.2) is 24.9 Å². The molecule has 0 aliphatic rings. The molecule has 16 nitrogen and oxygen atoms in total. The number of benzene rings is 1. The van der Waals surface area contributed by atoms with Gasteiger partial charge >= 0.3 is 0 Å². The summed E-state index contributed by atoms with van der Waals surface area (Å²) in [5.74, 6) is 0. The van der Waals surface area contributed by atoms with Crippen molar-refractivity contribution in [1.29, 1.82) is 5.26 Å². The molecular formula is C35H44N16. The van der Waals surface area contributed by atoms with E-state index >= 15 is 0 Å².